The van der Waals surface area contributed by atoms with Crippen LogP contribution in [0, 0.1) is 11.6 Å². The number of carbonyl (C=O) groups excluding carboxylic acids is 2. The Kier molecular flexibility index (Phi) is 5.19. The summed E-state index contributed by atoms with van der Waals surface area (Å²) in [6.45, 7) is 1.68. The number of allylic oxidation sites excluding steroid dienone is 1. The van der Waals surface area contributed by atoms with Crippen molar-refractivity contribution in [2.75, 3.05) is 0 Å². The summed E-state index contributed by atoms with van der Waals surface area (Å²) in [6, 6.07) is 8.40. The number of ether oxygens (including phenoxy) is 2. The lowest BCUT2D eigenvalue weighted by Gasteiger charge is -2.06. The number of halogens is 2. The second-order valence-electron chi connectivity index (χ2n) is 4.41. The molecule has 2 rings (SSSR count). The van der Waals surface area contributed by atoms with Crippen LogP contribution in [0.3, 0.4) is 0 Å². The molecule has 0 aliphatic heterocycles. The van der Waals surface area contributed by atoms with Gasteiger partial charge in [0.25, 0.3) is 0 Å². The zero-order valence-electron chi connectivity index (χ0n) is 12.1. The highest BCUT2D eigenvalue weighted by molar-refractivity contribution is 5.91. The van der Waals surface area contributed by atoms with E-state index in [1.165, 1.54) is 36.4 Å². The average Bonchev–Trinajstić information content (AvgIpc) is 2.52. The van der Waals surface area contributed by atoms with Crippen LogP contribution in [0.4, 0.5) is 8.78 Å². The first-order valence-corrected chi connectivity index (χ1v) is 6.61. The Balaban J connectivity index is 2.05. The Morgan fingerprint density at radius 2 is 1.57 bits per heavy atom. The average molecular weight is 318 g/mol. The van der Waals surface area contributed by atoms with Gasteiger partial charge in [0.05, 0.1) is 5.56 Å². The van der Waals surface area contributed by atoms with Crippen LogP contribution in [0.25, 0.3) is 0 Å². The first-order chi connectivity index (χ1) is 11.0. The van der Waals surface area contributed by atoms with Crippen LogP contribution in [-0.4, -0.2) is 11.9 Å². The fourth-order valence-corrected chi connectivity index (χ4v) is 1.65. The number of hydrogen-bond donors (Lipinski definition) is 0. The number of benzene rings is 2. The summed E-state index contributed by atoms with van der Waals surface area (Å²) in [4.78, 5) is 23.2. The Bertz CT molecular complexity index is 752. The van der Waals surface area contributed by atoms with Crippen molar-refractivity contribution in [1.29, 1.82) is 0 Å². The molecule has 0 saturated heterocycles. The number of hydrogen-bond acceptors (Lipinski definition) is 4. The summed E-state index contributed by atoms with van der Waals surface area (Å²) in [7, 11) is 0. The molecule has 118 valence electrons. The van der Waals surface area contributed by atoms with Crippen LogP contribution in [0.5, 0.6) is 11.5 Å². The third kappa shape index (κ3) is 4.47. The molecule has 0 N–H and O–H groups in total. The molecule has 6 heteroatoms. The van der Waals surface area contributed by atoms with E-state index in [0.717, 1.165) is 18.2 Å². The third-order valence-electron chi connectivity index (χ3n) is 2.71. The molecule has 0 aliphatic carbocycles. The molecule has 4 nitrogen and oxygen atoms in total. The predicted octanol–water partition coefficient (Wildman–Crippen LogP) is 3.67. The molecule has 0 heterocycles. The summed E-state index contributed by atoms with van der Waals surface area (Å²) in [5.41, 5.74) is 0.167. The van der Waals surface area contributed by atoms with Crippen molar-refractivity contribution in [2.45, 2.75) is 6.92 Å². The van der Waals surface area contributed by atoms with Crippen LogP contribution in [-0.2, 0) is 4.79 Å². The Morgan fingerprint density at radius 3 is 2.17 bits per heavy atom. The molecule has 0 aliphatic rings. The Hall–Kier alpha value is -3.02. The van der Waals surface area contributed by atoms with Gasteiger partial charge in [0.15, 0.2) is 11.6 Å². The van der Waals surface area contributed by atoms with Gasteiger partial charge in [-0.2, -0.15) is 0 Å². The van der Waals surface area contributed by atoms with Crippen LogP contribution in [0.2, 0.25) is 0 Å². The maximum atomic E-state index is 13.0. The van der Waals surface area contributed by atoms with E-state index in [2.05, 4.69) is 0 Å². The minimum Gasteiger partial charge on any atom is -0.423 e. The molecule has 0 spiro atoms. The van der Waals surface area contributed by atoms with Gasteiger partial charge in [0, 0.05) is 12.1 Å². The van der Waals surface area contributed by atoms with E-state index in [1.54, 1.807) is 6.92 Å². The molecular weight excluding hydrogens is 306 g/mol. The second-order valence-corrected chi connectivity index (χ2v) is 4.41. The van der Waals surface area contributed by atoms with E-state index in [9.17, 15) is 18.4 Å². The number of esters is 2. The van der Waals surface area contributed by atoms with E-state index in [-0.39, 0.29) is 17.1 Å². The quantitative estimate of drug-likeness (QED) is 0.490. The first-order valence-electron chi connectivity index (χ1n) is 6.61. The Labute approximate surface area is 131 Å². The monoisotopic (exact) mass is 318 g/mol. The van der Waals surface area contributed by atoms with E-state index in [4.69, 9.17) is 9.47 Å². The standard InChI is InChI=1S/C17H12F2O4/c1-2-3-16(20)22-12-6-4-11(5-7-12)17(21)23-13-8-9-14(18)15(19)10-13/h2-10H,1H3. The summed E-state index contributed by atoms with van der Waals surface area (Å²) < 4.78 is 35.7. The van der Waals surface area contributed by atoms with Crippen molar-refractivity contribution in [2.24, 2.45) is 0 Å². The molecule has 2 aromatic rings. The van der Waals surface area contributed by atoms with Gasteiger partial charge in [-0.3, -0.25) is 0 Å². The van der Waals surface area contributed by atoms with E-state index < -0.39 is 23.6 Å². The van der Waals surface area contributed by atoms with Crippen molar-refractivity contribution >= 4 is 11.9 Å². The number of carbonyl (C=O) groups is 2. The van der Waals surface area contributed by atoms with Crippen molar-refractivity contribution < 1.29 is 27.8 Å². The van der Waals surface area contributed by atoms with Crippen LogP contribution in [0.15, 0.2) is 54.6 Å². The minimum atomic E-state index is -1.11. The maximum absolute atomic E-state index is 13.0. The molecule has 23 heavy (non-hydrogen) atoms. The fourth-order valence-electron chi connectivity index (χ4n) is 1.65. The largest absolute Gasteiger partial charge is 0.423 e. The Morgan fingerprint density at radius 1 is 0.913 bits per heavy atom. The molecule has 0 amide bonds. The van der Waals surface area contributed by atoms with Gasteiger partial charge in [-0.1, -0.05) is 6.08 Å². The molecule has 2 aromatic carbocycles. The highest BCUT2D eigenvalue weighted by Gasteiger charge is 2.11. The number of rotatable bonds is 4. The van der Waals surface area contributed by atoms with Crippen molar-refractivity contribution in [3.63, 3.8) is 0 Å². The molecule has 0 bridgehead atoms. The van der Waals surface area contributed by atoms with E-state index in [1.807, 2.05) is 0 Å². The lowest BCUT2D eigenvalue weighted by atomic mass is 10.2. The zero-order valence-corrected chi connectivity index (χ0v) is 12.1. The topological polar surface area (TPSA) is 52.6 Å². The first kappa shape index (κ1) is 16.4. The highest BCUT2D eigenvalue weighted by Crippen LogP contribution is 2.18. The molecule has 0 unspecified atom stereocenters. The van der Waals surface area contributed by atoms with Crippen LogP contribution < -0.4 is 9.47 Å². The van der Waals surface area contributed by atoms with Crippen molar-refractivity contribution in [3.05, 3.63) is 71.8 Å². The van der Waals surface area contributed by atoms with Gasteiger partial charge in [-0.25, -0.2) is 18.4 Å². The van der Waals surface area contributed by atoms with E-state index in [0.29, 0.717) is 0 Å². The van der Waals surface area contributed by atoms with E-state index >= 15 is 0 Å². The molecule has 0 saturated carbocycles. The smallest absolute Gasteiger partial charge is 0.343 e. The maximum Gasteiger partial charge on any atom is 0.343 e. The van der Waals surface area contributed by atoms with Gasteiger partial charge >= 0.3 is 11.9 Å². The van der Waals surface area contributed by atoms with Gasteiger partial charge in [0.2, 0.25) is 0 Å². The summed E-state index contributed by atoms with van der Waals surface area (Å²) in [6.07, 6.45) is 2.79. The van der Waals surface area contributed by atoms with Gasteiger partial charge in [-0.15, -0.1) is 0 Å². The lowest BCUT2D eigenvalue weighted by Crippen LogP contribution is -2.09. The summed E-state index contributed by atoms with van der Waals surface area (Å²) >= 11 is 0. The molecule has 0 radical (unpaired) electrons. The molecule has 0 aromatic heterocycles. The minimum absolute atomic E-state index is 0.113. The molecule has 0 atom stereocenters. The normalized spacial score (nSPS) is 10.6. The van der Waals surface area contributed by atoms with Gasteiger partial charge in [-0.05, 0) is 43.3 Å². The summed E-state index contributed by atoms with van der Waals surface area (Å²) in [5, 5.41) is 0. The molecule has 0 fully saturated rings. The van der Waals surface area contributed by atoms with Gasteiger partial charge < -0.3 is 9.47 Å². The van der Waals surface area contributed by atoms with Crippen molar-refractivity contribution in [3.8, 4) is 11.5 Å². The zero-order chi connectivity index (χ0) is 16.8. The second kappa shape index (κ2) is 7.31. The van der Waals surface area contributed by atoms with Gasteiger partial charge in [0.1, 0.15) is 11.5 Å². The summed E-state index contributed by atoms with van der Waals surface area (Å²) in [5.74, 6) is -3.28. The predicted molar refractivity (Wildman–Crippen MR) is 78.2 cm³/mol. The third-order valence-corrected chi connectivity index (χ3v) is 2.71. The lowest BCUT2D eigenvalue weighted by molar-refractivity contribution is -0.129. The molecular formula is C17H12F2O4. The highest BCUT2D eigenvalue weighted by atomic mass is 19.2. The van der Waals surface area contributed by atoms with Crippen molar-refractivity contribution in [1.82, 2.24) is 0 Å². The van der Waals surface area contributed by atoms with Crippen LogP contribution >= 0.6 is 0 Å². The SMILES string of the molecule is CC=CC(=O)Oc1ccc(C(=O)Oc2ccc(F)c(F)c2)cc1. The van der Waals surface area contributed by atoms with Crippen LogP contribution in [0.1, 0.15) is 17.3 Å². The fraction of sp³-hybridized carbons (Fsp3) is 0.0588.